The van der Waals surface area contributed by atoms with Crippen LogP contribution in [0, 0.1) is 0 Å². The number of aliphatic imine (C=N–C) groups is 1. The molecule has 2 N–H and O–H groups in total. The van der Waals surface area contributed by atoms with Gasteiger partial charge in [-0.1, -0.05) is 19.1 Å². The molecular formula is C21H34N4O3. The number of carbonyl (C=O) groups is 1. The molecule has 156 valence electrons. The minimum atomic E-state index is -0.00219. The van der Waals surface area contributed by atoms with Crippen LogP contribution in [0.15, 0.2) is 23.2 Å². The average molecular weight is 391 g/mol. The molecule has 7 nitrogen and oxygen atoms in total. The summed E-state index contributed by atoms with van der Waals surface area (Å²) in [7, 11) is 5.14. The van der Waals surface area contributed by atoms with Gasteiger partial charge in [0.25, 0.3) is 0 Å². The Morgan fingerprint density at radius 2 is 2.00 bits per heavy atom. The molecule has 1 aromatic rings. The zero-order valence-electron chi connectivity index (χ0n) is 17.6. The molecule has 0 aromatic heterocycles. The van der Waals surface area contributed by atoms with Gasteiger partial charge in [0.05, 0.1) is 26.3 Å². The van der Waals surface area contributed by atoms with Gasteiger partial charge in [0.15, 0.2) is 17.5 Å². The molecule has 0 atom stereocenters. The molecule has 0 spiro atoms. The van der Waals surface area contributed by atoms with Gasteiger partial charge in [-0.3, -0.25) is 4.79 Å². The normalized spacial score (nSPS) is 14.6. The van der Waals surface area contributed by atoms with Crippen molar-refractivity contribution < 1.29 is 14.3 Å². The van der Waals surface area contributed by atoms with E-state index in [1.165, 1.54) is 12.8 Å². The summed E-state index contributed by atoms with van der Waals surface area (Å²) in [6.07, 6.45) is 5.80. The van der Waals surface area contributed by atoms with Crippen molar-refractivity contribution in [3.8, 4) is 11.5 Å². The first-order valence-corrected chi connectivity index (χ1v) is 10.1. The van der Waals surface area contributed by atoms with Crippen molar-refractivity contribution in [2.24, 2.45) is 4.99 Å². The average Bonchev–Trinajstić information content (AvgIpc) is 3.21. The molecule has 0 saturated heterocycles. The van der Waals surface area contributed by atoms with Crippen LogP contribution in [-0.4, -0.2) is 57.2 Å². The third-order valence-electron chi connectivity index (χ3n) is 4.72. The van der Waals surface area contributed by atoms with Gasteiger partial charge in [0, 0.05) is 26.2 Å². The maximum atomic E-state index is 11.9. The van der Waals surface area contributed by atoms with Crippen LogP contribution in [0.1, 0.15) is 44.6 Å². The van der Waals surface area contributed by atoms with Crippen molar-refractivity contribution in [1.82, 2.24) is 15.5 Å². The Morgan fingerprint density at radius 3 is 2.64 bits per heavy atom. The van der Waals surface area contributed by atoms with Gasteiger partial charge in [0.2, 0.25) is 5.91 Å². The van der Waals surface area contributed by atoms with Crippen LogP contribution in [0.3, 0.4) is 0 Å². The zero-order chi connectivity index (χ0) is 20.4. The van der Waals surface area contributed by atoms with Gasteiger partial charge < -0.3 is 25.0 Å². The number of ether oxygens (including phenoxy) is 2. The summed E-state index contributed by atoms with van der Waals surface area (Å²) in [5.41, 5.74) is 0.975. The SMILES string of the molecule is CCCNC(=NCc1cccc(OC)c1OC1CCCC1)NCC(=O)N(C)C. The van der Waals surface area contributed by atoms with Gasteiger partial charge in [-0.2, -0.15) is 0 Å². The minimum absolute atomic E-state index is 0.00219. The number of para-hydroxylation sites is 1. The summed E-state index contributed by atoms with van der Waals surface area (Å²) in [4.78, 5) is 18.1. The smallest absolute Gasteiger partial charge is 0.241 e. The monoisotopic (exact) mass is 390 g/mol. The molecule has 1 amide bonds. The van der Waals surface area contributed by atoms with E-state index in [2.05, 4.69) is 22.5 Å². The highest BCUT2D eigenvalue weighted by atomic mass is 16.5. The van der Waals surface area contributed by atoms with Crippen molar-refractivity contribution >= 4 is 11.9 Å². The van der Waals surface area contributed by atoms with Gasteiger partial charge in [0.1, 0.15) is 0 Å². The Bertz CT molecular complexity index is 655. The fourth-order valence-electron chi connectivity index (χ4n) is 3.05. The lowest BCUT2D eigenvalue weighted by molar-refractivity contribution is -0.127. The van der Waals surface area contributed by atoms with Crippen LogP contribution in [0.5, 0.6) is 11.5 Å². The van der Waals surface area contributed by atoms with Gasteiger partial charge in [-0.15, -0.1) is 0 Å². The molecule has 1 fully saturated rings. The van der Waals surface area contributed by atoms with E-state index in [-0.39, 0.29) is 18.6 Å². The molecule has 7 heteroatoms. The highest BCUT2D eigenvalue weighted by molar-refractivity contribution is 5.86. The molecular weight excluding hydrogens is 356 g/mol. The molecule has 0 radical (unpaired) electrons. The quantitative estimate of drug-likeness (QED) is 0.501. The molecule has 1 saturated carbocycles. The summed E-state index contributed by atoms with van der Waals surface area (Å²) >= 11 is 0. The first-order chi connectivity index (χ1) is 13.5. The second-order valence-corrected chi connectivity index (χ2v) is 7.21. The summed E-state index contributed by atoms with van der Waals surface area (Å²) in [6, 6.07) is 5.88. The molecule has 0 unspecified atom stereocenters. The van der Waals surface area contributed by atoms with E-state index < -0.39 is 0 Å². The second-order valence-electron chi connectivity index (χ2n) is 7.21. The fraction of sp³-hybridized carbons (Fsp3) is 0.619. The van der Waals surface area contributed by atoms with E-state index in [0.717, 1.165) is 42.9 Å². The Balaban J connectivity index is 2.13. The molecule has 0 aliphatic heterocycles. The molecule has 28 heavy (non-hydrogen) atoms. The highest BCUT2D eigenvalue weighted by Gasteiger charge is 2.20. The van der Waals surface area contributed by atoms with Crippen LogP contribution in [0.25, 0.3) is 0 Å². The number of rotatable bonds is 9. The Labute approximate surface area is 168 Å². The number of hydrogen-bond acceptors (Lipinski definition) is 4. The number of carbonyl (C=O) groups excluding carboxylic acids is 1. The molecule has 1 aliphatic carbocycles. The van der Waals surface area contributed by atoms with E-state index in [9.17, 15) is 4.79 Å². The van der Waals surface area contributed by atoms with Crippen molar-refractivity contribution in [3.63, 3.8) is 0 Å². The largest absolute Gasteiger partial charge is 0.493 e. The van der Waals surface area contributed by atoms with Gasteiger partial charge >= 0.3 is 0 Å². The Hall–Kier alpha value is -2.44. The van der Waals surface area contributed by atoms with Crippen molar-refractivity contribution in [2.45, 2.75) is 51.7 Å². The summed E-state index contributed by atoms with van der Waals surface area (Å²) in [6.45, 7) is 3.51. The van der Waals surface area contributed by atoms with Crippen LogP contribution in [0.4, 0.5) is 0 Å². The van der Waals surface area contributed by atoms with Crippen molar-refractivity contribution in [1.29, 1.82) is 0 Å². The number of amides is 1. The van der Waals surface area contributed by atoms with Gasteiger partial charge in [-0.05, 0) is 38.2 Å². The van der Waals surface area contributed by atoms with E-state index in [0.29, 0.717) is 12.5 Å². The lowest BCUT2D eigenvalue weighted by atomic mass is 10.1. The first kappa shape index (κ1) is 21.9. The lowest BCUT2D eigenvalue weighted by Gasteiger charge is -2.19. The highest BCUT2D eigenvalue weighted by Crippen LogP contribution is 2.35. The fourth-order valence-corrected chi connectivity index (χ4v) is 3.05. The zero-order valence-corrected chi connectivity index (χ0v) is 17.6. The van der Waals surface area contributed by atoms with Crippen LogP contribution in [0.2, 0.25) is 0 Å². The number of nitrogens with zero attached hydrogens (tertiary/aromatic N) is 2. The molecule has 1 aliphatic rings. The lowest BCUT2D eigenvalue weighted by Crippen LogP contribution is -2.43. The second kappa shape index (κ2) is 11.4. The molecule has 2 rings (SSSR count). The predicted molar refractivity (Wildman–Crippen MR) is 112 cm³/mol. The van der Waals surface area contributed by atoms with E-state index >= 15 is 0 Å². The molecule has 0 bridgehead atoms. The van der Waals surface area contributed by atoms with E-state index in [4.69, 9.17) is 9.47 Å². The van der Waals surface area contributed by atoms with Crippen molar-refractivity contribution in [3.05, 3.63) is 23.8 Å². The minimum Gasteiger partial charge on any atom is -0.493 e. The standard InChI is InChI=1S/C21H34N4O3/c1-5-13-22-21(24-15-19(26)25(2)3)23-14-16-9-8-12-18(27-4)20(16)28-17-10-6-7-11-17/h8-9,12,17H,5-7,10-11,13-15H2,1-4H3,(H2,22,23,24). The van der Waals surface area contributed by atoms with Crippen LogP contribution < -0.4 is 20.1 Å². The van der Waals surface area contributed by atoms with E-state index in [1.807, 2.05) is 18.2 Å². The number of likely N-dealkylation sites (N-methyl/N-ethyl adjacent to an activating group) is 1. The molecule has 0 heterocycles. The summed E-state index contributed by atoms with van der Waals surface area (Å²) < 4.78 is 11.8. The first-order valence-electron chi connectivity index (χ1n) is 10.1. The Kier molecular flexibility index (Phi) is 8.91. The number of benzene rings is 1. The van der Waals surface area contributed by atoms with Crippen molar-refractivity contribution in [2.75, 3.05) is 34.3 Å². The van der Waals surface area contributed by atoms with Crippen LogP contribution >= 0.6 is 0 Å². The third kappa shape index (κ3) is 6.62. The summed E-state index contributed by atoms with van der Waals surface area (Å²) in [5.74, 6) is 2.13. The number of hydrogen-bond donors (Lipinski definition) is 2. The van der Waals surface area contributed by atoms with Gasteiger partial charge in [-0.25, -0.2) is 4.99 Å². The number of nitrogens with one attached hydrogen (secondary N) is 2. The van der Waals surface area contributed by atoms with E-state index in [1.54, 1.807) is 26.1 Å². The van der Waals surface area contributed by atoms with Crippen LogP contribution in [-0.2, 0) is 11.3 Å². The number of guanidine groups is 1. The predicted octanol–water partition coefficient (Wildman–Crippen LogP) is 2.55. The topological polar surface area (TPSA) is 75.2 Å². The Morgan fingerprint density at radius 1 is 1.25 bits per heavy atom. The summed E-state index contributed by atoms with van der Waals surface area (Å²) in [5, 5.41) is 6.35. The molecule has 1 aromatic carbocycles. The number of methoxy groups -OCH3 is 1. The third-order valence-corrected chi connectivity index (χ3v) is 4.72. The maximum absolute atomic E-state index is 11.9. The maximum Gasteiger partial charge on any atom is 0.241 e.